The first-order valence-electron chi connectivity index (χ1n) is 5.56. The van der Waals surface area contributed by atoms with Crippen LogP contribution in [0.3, 0.4) is 0 Å². The zero-order valence-corrected chi connectivity index (χ0v) is 11.1. The Bertz CT molecular complexity index is 404. The van der Waals surface area contributed by atoms with Gasteiger partial charge in [0.05, 0.1) is 5.41 Å². The minimum absolute atomic E-state index is 0.0299. The standard InChI is InChI=1S/C13H18ClNO2/c1-9(10-6-4-5-7-11(10)14)15-8-13(2,3)12(16)17/h4-7,9,15H,8H2,1-3H3,(H,16,17). The molecule has 0 fully saturated rings. The normalized spacial score (nSPS) is 13.4. The lowest BCUT2D eigenvalue weighted by Crippen LogP contribution is -2.37. The molecule has 0 bridgehead atoms. The highest BCUT2D eigenvalue weighted by atomic mass is 35.5. The van der Waals surface area contributed by atoms with Crippen LogP contribution in [0.5, 0.6) is 0 Å². The van der Waals surface area contributed by atoms with E-state index in [9.17, 15) is 4.79 Å². The fraction of sp³-hybridized carbons (Fsp3) is 0.462. The van der Waals surface area contributed by atoms with E-state index in [0.29, 0.717) is 11.6 Å². The van der Waals surface area contributed by atoms with Crippen molar-refractivity contribution in [1.82, 2.24) is 5.32 Å². The number of aliphatic carboxylic acids is 1. The van der Waals surface area contributed by atoms with Gasteiger partial charge in [-0.25, -0.2) is 0 Å². The Morgan fingerprint density at radius 1 is 1.47 bits per heavy atom. The van der Waals surface area contributed by atoms with E-state index in [-0.39, 0.29) is 6.04 Å². The molecular weight excluding hydrogens is 238 g/mol. The fourth-order valence-electron chi connectivity index (χ4n) is 1.42. The van der Waals surface area contributed by atoms with Crippen molar-refractivity contribution in [1.29, 1.82) is 0 Å². The summed E-state index contributed by atoms with van der Waals surface area (Å²) in [6.07, 6.45) is 0. The molecule has 17 heavy (non-hydrogen) atoms. The van der Waals surface area contributed by atoms with Crippen LogP contribution in [0.25, 0.3) is 0 Å². The summed E-state index contributed by atoms with van der Waals surface area (Å²) in [6.45, 7) is 5.76. The van der Waals surface area contributed by atoms with Gasteiger partial charge in [-0.1, -0.05) is 29.8 Å². The van der Waals surface area contributed by atoms with E-state index in [2.05, 4.69) is 5.32 Å². The van der Waals surface area contributed by atoms with Crippen molar-refractivity contribution in [2.24, 2.45) is 5.41 Å². The Morgan fingerprint density at radius 2 is 2.06 bits per heavy atom. The highest BCUT2D eigenvalue weighted by molar-refractivity contribution is 6.31. The lowest BCUT2D eigenvalue weighted by Gasteiger charge is -2.23. The van der Waals surface area contributed by atoms with Crippen LogP contribution in [0.4, 0.5) is 0 Å². The predicted octanol–water partition coefficient (Wildman–Crippen LogP) is 3.10. The number of benzene rings is 1. The summed E-state index contributed by atoms with van der Waals surface area (Å²) >= 11 is 6.08. The van der Waals surface area contributed by atoms with Crippen molar-refractivity contribution in [3.8, 4) is 0 Å². The zero-order chi connectivity index (χ0) is 13.1. The maximum Gasteiger partial charge on any atom is 0.310 e. The van der Waals surface area contributed by atoms with E-state index in [1.165, 1.54) is 0 Å². The molecule has 1 aromatic carbocycles. The SMILES string of the molecule is CC(NCC(C)(C)C(=O)O)c1ccccc1Cl. The lowest BCUT2D eigenvalue weighted by atomic mass is 9.93. The average molecular weight is 256 g/mol. The van der Waals surface area contributed by atoms with Gasteiger partial charge < -0.3 is 10.4 Å². The first-order valence-corrected chi connectivity index (χ1v) is 5.93. The molecule has 1 aromatic rings. The quantitative estimate of drug-likeness (QED) is 0.850. The third-order valence-corrected chi connectivity index (χ3v) is 3.15. The minimum Gasteiger partial charge on any atom is -0.481 e. The molecule has 1 unspecified atom stereocenters. The Balaban J connectivity index is 2.65. The van der Waals surface area contributed by atoms with Crippen molar-refractivity contribution in [3.63, 3.8) is 0 Å². The first kappa shape index (κ1) is 14.0. The summed E-state index contributed by atoms with van der Waals surface area (Å²) in [5, 5.41) is 12.9. The van der Waals surface area contributed by atoms with Crippen molar-refractivity contribution < 1.29 is 9.90 Å². The van der Waals surface area contributed by atoms with Gasteiger partial charge in [0.1, 0.15) is 0 Å². The van der Waals surface area contributed by atoms with Gasteiger partial charge in [-0.15, -0.1) is 0 Å². The number of rotatable bonds is 5. The Hall–Kier alpha value is -1.06. The summed E-state index contributed by atoms with van der Waals surface area (Å²) in [5.41, 5.74) is 0.200. The van der Waals surface area contributed by atoms with Gasteiger partial charge >= 0.3 is 5.97 Å². The molecule has 0 saturated carbocycles. The summed E-state index contributed by atoms with van der Waals surface area (Å²) in [4.78, 5) is 11.0. The van der Waals surface area contributed by atoms with E-state index < -0.39 is 11.4 Å². The third kappa shape index (κ3) is 3.72. The van der Waals surface area contributed by atoms with Crippen LogP contribution in [-0.2, 0) is 4.79 Å². The Labute approximate surface area is 107 Å². The molecule has 1 rings (SSSR count). The number of carbonyl (C=O) groups is 1. The fourth-order valence-corrected chi connectivity index (χ4v) is 1.72. The highest BCUT2D eigenvalue weighted by Crippen LogP contribution is 2.23. The maximum atomic E-state index is 11.0. The third-order valence-electron chi connectivity index (χ3n) is 2.80. The van der Waals surface area contributed by atoms with Gasteiger partial charge in [0, 0.05) is 17.6 Å². The van der Waals surface area contributed by atoms with Gasteiger partial charge in [-0.3, -0.25) is 4.79 Å². The molecule has 2 N–H and O–H groups in total. The second-order valence-corrected chi connectivity index (χ2v) is 5.22. The summed E-state index contributed by atoms with van der Waals surface area (Å²) in [7, 11) is 0. The number of carboxylic acids is 1. The predicted molar refractivity (Wildman–Crippen MR) is 69.3 cm³/mol. The topological polar surface area (TPSA) is 49.3 Å². The monoisotopic (exact) mass is 255 g/mol. The van der Waals surface area contributed by atoms with E-state index in [4.69, 9.17) is 16.7 Å². The molecule has 0 aliphatic heterocycles. The molecule has 0 spiro atoms. The van der Waals surface area contributed by atoms with Crippen molar-refractivity contribution in [3.05, 3.63) is 34.9 Å². The van der Waals surface area contributed by atoms with E-state index in [0.717, 1.165) is 5.56 Å². The molecule has 1 atom stereocenters. The molecule has 0 aliphatic carbocycles. The van der Waals surface area contributed by atoms with Gasteiger partial charge in [-0.05, 0) is 32.4 Å². The molecular formula is C13H18ClNO2. The highest BCUT2D eigenvalue weighted by Gasteiger charge is 2.27. The summed E-state index contributed by atoms with van der Waals surface area (Å²) in [6, 6.07) is 7.59. The largest absolute Gasteiger partial charge is 0.481 e. The number of hydrogen-bond donors (Lipinski definition) is 2. The zero-order valence-electron chi connectivity index (χ0n) is 10.3. The van der Waals surface area contributed by atoms with Crippen LogP contribution in [0.1, 0.15) is 32.4 Å². The van der Waals surface area contributed by atoms with Crippen LogP contribution in [0, 0.1) is 5.41 Å². The van der Waals surface area contributed by atoms with Gasteiger partial charge in [0.2, 0.25) is 0 Å². The van der Waals surface area contributed by atoms with Gasteiger partial charge in [0.25, 0.3) is 0 Å². The molecule has 0 radical (unpaired) electrons. The lowest BCUT2D eigenvalue weighted by molar-refractivity contribution is -0.146. The van der Waals surface area contributed by atoms with Crippen LogP contribution >= 0.6 is 11.6 Å². The minimum atomic E-state index is -0.809. The van der Waals surface area contributed by atoms with Gasteiger partial charge in [-0.2, -0.15) is 0 Å². The molecule has 94 valence electrons. The summed E-state index contributed by atoms with van der Waals surface area (Å²) in [5.74, 6) is -0.809. The number of carboxylic acid groups (broad SMARTS) is 1. The van der Waals surface area contributed by atoms with E-state index in [1.807, 2.05) is 31.2 Å². The smallest absolute Gasteiger partial charge is 0.310 e. The van der Waals surface area contributed by atoms with E-state index >= 15 is 0 Å². The van der Waals surface area contributed by atoms with Crippen molar-refractivity contribution >= 4 is 17.6 Å². The molecule has 0 saturated heterocycles. The molecule has 0 heterocycles. The summed E-state index contributed by atoms with van der Waals surface area (Å²) < 4.78 is 0. The first-order chi connectivity index (χ1) is 7.84. The van der Waals surface area contributed by atoms with Crippen LogP contribution < -0.4 is 5.32 Å². The molecule has 4 heteroatoms. The number of hydrogen-bond acceptors (Lipinski definition) is 2. The van der Waals surface area contributed by atoms with Gasteiger partial charge in [0.15, 0.2) is 0 Å². The molecule has 0 aromatic heterocycles. The second kappa shape index (κ2) is 5.52. The van der Waals surface area contributed by atoms with Crippen LogP contribution in [0.15, 0.2) is 24.3 Å². The second-order valence-electron chi connectivity index (χ2n) is 4.81. The average Bonchev–Trinajstić information content (AvgIpc) is 2.26. The molecule has 0 amide bonds. The maximum absolute atomic E-state index is 11.0. The Kier molecular flexibility index (Phi) is 4.54. The van der Waals surface area contributed by atoms with Crippen LogP contribution in [0.2, 0.25) is 5.02 Å². The van der Waals surface area contributed by atoms with Crippen molar-refractivity contribution in [2.75, 3.05) is 6.54 Å². The van der Waals surface area contributed by atoms with E-state index in [1.54, 1.807) is 13.8 Å². The Morgan fingerprint density at radius 3 is 2.59 bits per heavy atom. The van der Waals surface area contributed by atoms with Crippen LogP contribution in [-0.4, -0.2) is 17.6 Å². The molecule has 0 aliphatic rings. The molecule has 3 nitrogen and oxygen atoms in total. The number of halogens is 1. The number of nitrogens with one attached hydrogen (secondary N) is 1. The van der Waals surface area contributed by atoms with Crippen molar-refractivity contribution in [2.45, 2.75) is 26.8 Å².